The Morgan fingerprint density at radius 1 is 1.71 bits per heavy atom. The van der Waals surface area contributed by atoms with Gasteiger partial charge in [-0.3, -0.25) is 4.79 Å². The number of nitrogens with one attached hydrogen (secondary N) is 1. The first-order chi connectivity index (χ1) is 8.00. The van der Waals surface area contributed by atoms with Gasteiger partial charge < -0.3 is 15.6 Å². The Morgan fingerprint density at radius 2 is 2.35 bits per heavy atom. The number of hydrogen-bond donors (Lipinski definition) is 2. The Hall–Kier alpha value is -1.71. The minimum atomic E-state index is -0.0955. The van der Waals surface area contributed by atoms with Gasteiger partial charge in [-0.15, -0.1) is 0 Å². The lowest BCUT2D eigenvalue weighted by molar-refractivity contribution is 0.0937. The molecule has 2 rings (SSSR count). The molecule has 0 spiro atoms. The zero-order valence-corrected chi connectivity index (χ0v) is 10.4. The lowest BCUT2D eigenvalue weighted by Gasteiger charge is -2.12. The van der Waals surface area contributed by atoms with Crippen LogP contribution in [0.1, 0.15) is 38.5 Å². The van der Waals surface area contributed by atoms with Crippen molar-refractivity contribution in [1.82, 2.24) is 9.88 Å². The Morgan fingerprint density at radius 3 is 2.82 bits per heavy atom. The molecule has 1 aromatic heterocycles. The van der Waals surface area contributed by atoms with Crippen LogP contribution in [0.3, 0.4) is 0 Å². The van der Waals surface area contributed by atoms with Crippen LogP contribution >= 0.6 is 0 Å². The standard InChI is InChI=1S/C13H19N3O.H2/c1-8(2)16-7-6-11(12(16)14)13(17)15-9(3)10-4-5-10;/h6-7,9-10H,1,4-5,14H2,2-3H3,(H,15,17);1H. The molecule has 94 valence electrons. The second-order valence-electron chi connectivity index (χ2n) is 4.82. The third-order valence-electron chi connectivity index (χ3n) is 3.27. The second kappa shape index (κ2) is 4.28. The summed E-state index contributed by atoms with van der Waals surface area (Å²) < 4.78 is 1.72. The predicted octanol–water partition coefficient (Wildman–Crippen LogP) is 2.34. The van der Waals surface area contributed by atoms with Gasteiger partial charge in [0.1, 0.15) is 5.82 Å². The Balaban J connectivity index is 0.00000162. The van der Waals surface area contributed by atoms with E-state index >= 15 is 0 Å². The number of amides is 1. The molecule has 1 aromatic rings. The number of rotatable bonds is 4. The summed E-state index contributed by atoms with van der Waals surface area (Å²) in [5.41, 5.74) is 7.24. The monoisotopic (exact) mass is 235 g/mol. The van der Waals surface area contributed by atoms with Crippen LogP contribution in [0.25, 0.3) is 5.70 Å². The van der Waals surface area contributed by atoms with Gasteiger partial charge in [-0.2, -0.15) is 0 Å². The van der Waals surface area contributed by atoms with Gasteiger partial charge in [0.05, 0.1) is 5.56 Å². The number of nitrogen functional groups attached to an aromatic ring is 1. The third-order valence-corrected chi connectivity index (χ3v) is 3.27. The van der Waals surface area contributed by atoms with Crippen molar-refractivity contribution in [3.63, 3.8) is 0 Å². The van der Waals surface area contributed by atoms with Crippen molar-refractivity contribution in [2.45, 2.75) is 32.7 Å². The number of nitrogens with zero attached hydrogens (tertiary/aromatic N) is 1. The number of aromatic nitrogens is 1. The van der Waals surface area contributed by atoms with E-state index in [1.807, 2.05) is 13.8 Å². The molecule has 1 fully saturated rings. The van der Waals surface area contributed by atoms with Crippen LogP contribution in [0.15, 0.2) is 18.8 Å². The zero-order chi connectivity index (χ0) is 12.6. The van der Waals surface area contributed by atoms with Crippen LogP contribution in [0, 0.1) is 5.92 Å². The van der Waals surface area contributed by atoms with Crippen LogP contribution in [0.5, 0.6) is 0 Å². The first kappa shape index (κ1) is 11.8. The number of carbonyl (C=O) groups excluding carboxylic acids is 1. The molecule has 4 heteroatoms. The van der Waals surface area contributed by atoms with Crippen LogP contribution in [-0.2, 0) is 0 Å². The number of hydrogen-bond acceptors (Lipinski definition) is 2. The van der Waals surface area contributed by atoms with Crippen molar-refractivity contribution in [1.29, 1.82) is 0 Å². The van der Waals surface area contributed by atoms with E-state index in [4.69, 9.17) is 5.73 Å². The molecule has 1 saturated carbocycles. The first-order valence-corrected chi connectivity index (χ1v) is 5.94. The molecular weight excluding hydrogens is 214 g/mol. The summed E-state index contributed by atoms with van der Waals surface area (Å²) >= 11 is 0. The third kappa shape index (κ3) is 2.35. The molecule has 4 nitrogen and oxygen atoms in total. The maximum absolute atomic E-state index is 12.0. The summed E-state index contributed by atoms with van der Waals surface area (Å²) in [6.07, 6.45) is 4.20. The van der Waals surface area contributed by atoms with Gasteiger partial charge in [0.2, 0.25) is 0 Å². The van der Waals surface area contributed by atoms with Gasteiger partial charge >= 0.3 is 0 Å². The highest BCUT2D eigenvalue weighted by Crippen LogP contribution is 2.32. The van der Waals surface area contributed by atoms with Crippen LogP contribution in [0.2, 0.25) is 0 Å². The smallest absolute Gasteiger partial charge is 0.255 e. The summed E-state index contributed by atoms with van der Waals surface area (Å²) in [6.45, 7) is 7.70. The topological polar surface area (TPSA) is 60.0 Å². The molecule has 1 atom stereocenters. The number of anilines is 1. The quantitative estimate of drug-likeness (QED) is 0.841. The van der Waals surface area contributed by atoms with Crippen molar-refractivity contribution < 1.29 is 6.22 Å². The summed E-state index contributed by atoms with van der Waals surface area (Å²) in [5, 5.41) is 2.99. The van der Waals surface area contributed by atoms with Crippen LogP contribution in [0.4, 0.5) is 5.82 Å². The van der Waals surface area contributed by atoms with Crippen molar-refractivity contribution >= 4 is 17.4 Å². The van der Waals surface area contributed by atoms with E-state index in [-0.39, 0.29) is 13.4 Å². The molecule has 3 N–H and O–H groups in total. The largest absolute Gasteiger partial charge is 0.384 e. The Bertz CT molecular complexity index is 463. The van der Waals surface area contributed by atoms with Crippen LogP contribution < -0.4 is 11.1 Å². The summed E-state index contributed by atoms with van der Waals surface area (Å²) in [4.78, 5) is 12.0. The van der Waals surface area contributed by atoms with Gasteiger partial charge in [0.15, 0.2) is 0 Å². The molecule has 1 aliphatic carbocycles. The van der Waals surface area contributed by atoms with E-state index < -0.39 is 0 Å². The minimum absolute atomic E-state index is 0. The SMILES string of the molecule is C=C(C)n1ccc(C(=O)NC(C)C2CC2)c1N.[HH]. The highest BCUT2D eigenvalue weighted by atomic mass is 16.1. The molecule has 17 heavy (non-hydrogen) atoms. The number of carbonyl (C=O) groups is 1. The predicted molar refractivity (Wildman–Crippen MR) is 71.6 cm³/mol. The first-order valence-electron chi connectivity index (χ1n) is 5.94. The molecule has 0 bridgehead atoms. The molecule has 0 radical (unpaired) electrons. The van der Waals surface area contributed by atoms with E-state index in [0.717, 1.165) is 5.70 Å². The average Bonchev–Trinajstić information content (AvgIpc) is 3.01. The van der Waals surface area contributed by atoms with Gasteiger partial charge in [-0.05, 0) is 38.7 Å². The summed E-state index contributed by atoms with van der Waals surface area (Å²) in [5.74, 6) is 1.00. The Kier molecular flexibility index (Phi) is 2.96. The molecule has 0 saturated heterocycles. The van der Waals surface area contributed by atoms with Crippen molar-refractivity contribution in [3.05, 3.63) is 24.4 Å². The lowest BCUT2D eigenvalue weighted by atomic mass is 10.2. The summed E-state index contributed by atoms with van der Waals surface area (Å²) in [6, 6.07) is 1.97. The normalized spacial score (nSPS) is 16.6. The minimum Gasteiger partial charge on any atom is -0.384 e. The zero-order valence-electron chi connectivity index (χ0n) is 10.4. The Labute approximate surface area is 103 Å². The molecule has 1 aliphatic rings. The molecule has 0 aromatic carbocycles. The van der Waals surface area contributed by atoms with Crippen molar-refractivity contribution in [2.24, 2.45) is 5.92 Å². The van der Waals surface area contributed by atoms with Crippen molar-refractivity contribution in [2.75, 3.05) is 5.73 Å². The van der Waals surface area contributed by atoms with E-state index in [9.17, 15) is 4.79 Å². The molecule has 1 unspecified atom stereocenters. The highest BCUT2D eigenvalue weighted by Gasteiger charge is 2.29. The second-order valence-corrected chi connectivity index (χ2v) is 4.82. The van der Waals surface area contributed by atoms with E-state index in [1.165, 1.54) is 12.8 Å². The van der Waals surface area contributed by atoms with E-state index in [2.05, 4.69) is 11.9 Å². The molecule has 1 amide bonds. The maximum atomic E-state index is 12.0. The molecule has 0 aliphatic heterocycles. The summed E-state index contributed by atoms with van der Waals surface area (Å²) in [7, 11) is 0. The number of allylic oxidation sites excluding steroid dienone is 1. The van der Waals surface area contributed by atoms with Gasteiger partial charge in [0, 0.05) is 19.4 Å². The van der Waals surface area contributed by atoms with E-state index in [0.29, 0.717) is 17.3 Å². The van der Waals surface area contributed by atoms with Gasteiger partial charge in [0.25, 0.3) is 5.91 Å². The fourth-order valence-corrected chi connectivity index (χ4v) is 1.97. The highest BCUT2D eigenvalue weighted by molar-refractivity contribution is 5.99. The molecule has 1 heterocycles. The van der Waals surface area contributed by atoms with Crippen molar-refractivity contribution in [3.8, 4) is 0 Å². The number of nitrogens with two attached hydrogens (primary N) is 1. The molecular formula is C13H21N3O. The lowest BCUT2D eigenvalue weighted by Crippen LogP contribution is -2.34. The van der Waals surface area contributed by atoms with Gasteiger partial charge in [-0.1, -0.05) is 6.58 Å². The fourth-order valence-electron chi connectivity index (χ4n) is 1.97. The van der Waals surface area contributed by atoms with Gasteiger partial charge in [-0.25, -0.2) is 0 Å². The maximum Gasteiger partial charge on any atom is 0.255 e. The fraction of sp³-hybridized carbons (Fsp3) is 0.462. The van der Waals surface area contributed by atoms with E-state index in [1.54, 1.807) is 16.8 Å². The van der Waals surface area contributed by atoms with Crippen LogP contribution in [-0.4, -0.2) is 16.5 Å². The average molecular weight is 235 g/mol.